The number of ether oxygens (including phenoxy) is 3. The van der Waals surface area contributed by atoms with Gasteiger partial charge in [-0.3, -0.25) is 4.79 Å². The summed E-state index contributed by atoms with van der Waals surface area (Å²) in [6, 6.07) is 11.6. The van der Waals surface area contributed by atoms with Crippen LogP contribution in [-0.4, -0.2) is 41.8 Å². The molecule has 32 heavy (non-hydrogen) atoms. The molecule has 1 N–H and O–H groups in total. The summed E-state index contributed by atoms with van der Waals surface area (Å²) in [6.07, 6.45) is 1.62. The lowest BCUT2D eigenvalue weighted by molar-refractivity contribution is 0.0599. The van der Waals surface area contributed by atoms with E-state index in [-0.39, 0.29) is 29.2 Å². The fraction of sp³-hybridized carbons (Fsp3) is 0.217. The van der Waals surface area contributed by atoms with Crippen LogP contribution in [0.5, 0.6) is 5.75 Å². The van der Waals surface area contributed by atoms with Gasteiger partial charge in [-0.1, -0.05) is 12.1 Å². The first-order chi connectivity index (χ1) is 15.3. The highest BCUT2D eigenvalue weighted by molar-refractivity contribution is 6.04. The van der Waals surface area contributed by atoms with Gasteiger partial charge in [-0.2, -0.15) is 5.10 Å². The van der Waals surface area contributed by atoms with E-state index in [9.17, 15) is 14.4 Å². The number of carbonyl (C=O) groups is 3. The van der Waals surface area contributed by atoms with Gasteiger partial charge < -0.3 is 19.5 Å². The standard InChI is InChI=1S/C23H23N3O6/c1-14-5-6-15(2)20(9-14)32-13-26-8-7-19(25-26)21(27)24-18-11-16(22(28)30-3)10-17(12-18)23(29)31-4/h5-12H,13H2,1-4H3,(H,24,27). The number of rotatable bonds is 7. The van der Waals surface area contributed by atoms with Gasteiger partial charge in [0, 0.05) is 11.9 Å². The molecule has 0 atom stereocenters. The van der Waals surface area contributed by atoms with Crippen molar-refractivity contribution in [2.24, 2.45) is 0 Å². The first kappa shape index (κ1) is 22.5. The van der Waals surface area contributed by atoms with Crippen molar-refractivity contribution in [1.82, 2.24) is 9.78 Å². The van der Waals surface area contributed by atoms with Gasteiger partial charge in [0.05, 0.1) is 25.3 Å². The van der Waals surface area contributed by atoms with Gasteiger partial charge in [0.25, 0.3) is 5.91 Å². The number of nitrogens with one attached hydrogen (secondary N) is 1. The van der Waals surface area contributed by atoms with Crippen LogP contribution in [0.15, 0.2) is 48.7 Å². The summed E-state index contributed by atoms with van der Waals surface area (Å²) in [6.45, 7) is 4.05. The Morgan fingerprint density at radius 2 is 1.59 bits per heavy atom. The third-order valence-corrected chi connectivity index (χ3v) is 4.60. The van der Waals surface area contributed by atoms with Gasteiger partial charge in [0.2, 0.25) is 0 Å². The summed E-state index contributed by atoms with van der Waals surface area (Å²) in [7, 11) is 2.44. The van der Waals surface area contributed by atoms with E-state index in [1.165, 1.54) is 43.2 Å². The summed E-state index contributed by atoms with van der Waals surface area (Å²) in [5.74, 6) is -1.09. The number of hydrogen-bond donors (Lipinski definition) is 1. The number of hydrogen-bond acceptors (Lipinski definition) is 7. The average molecular weight is 437 g/mol. The topological polar surface area (TPSA) is 109 Å². The molecule has 0 aliphatic heterocycles. The van der Waals surface area contributed by atoms with Crippen LogP contribution in [0.3, 0.4) is 0 Å². The van der Waals surface area contributed by atoms with Gasteiger partial charge in [0.15, 0.2) is 12.4 Å². The maximum Gasteiger partial charge on any atom is 0.337 e. The van der Waals surface area contributed by atoms with E-state index in [0.717, 1.165) is 16.9 Å². The van der Waals surface area contributed by atoms with Crippen molar-refractivity contribution in [3.8, 4) is 5.75 Å². The van der Waals surface area contributed by atoms with Gasteiger partial charge >= 0.3 is 11.9 Å². The van der Waals surface area contributed by atoms with Crippen LogP contribution in [0.2, 0.25) is 0 Å². The zero-order chi connectivity index (χ0) is 23.3. The lowest BCUT2D eigenvalue weighted by Crippen LogP contribution is -2.16. The minimum absolute atomic E-state index is 0.0955. The number of methoxy groups -OCH3 is 2. The zero-order valence-electron chi connectivity index (χ0n) is 18.2. The Kier molecular flexibility index (Phi) is 6.89. The molecule has 3 rings (SSSR count). The van der Waals surface area contributed by atoms with E-state index in [2.05, 4.69) is 10.4 Å². The molecule has 0 saturated carbocycles. The second-order valence-electron chi connectivity index (χ2n) is 7.02. The Labute approximate surface area is 184 Å². The molecule has 1 aromatic heterocycles. The van der Waals surface area contributed by atoms with Crippen molar-refractivity contribution in [2.45, 2.75) is 20.6 Å². The molecule has 0 fully saturated rings. The van der Waals surface area contributed by atoms with Crippen LogP contribution in [0.1, 0.15) is 42.3 Å². The normalized spacial score (nSPS) is 10.4. The molecule has 0 aliphatic carbocycles. The molecular formula is C23H23N3O6. The van der Waals surface area contributed by atoms with Crippen LogP contribution in [-0.2, 0) is 16.2 Å². The number of amides is 1. The van der Waals surface area contributed by atoms with Crippen LogP contribution in [0.4, 0.5) is 5.69 Å². The summed E-state index contributed by atoms with van der Waals surface area (Å²) >= 11 is 0. The smallest absolute Gasteiger partial charge is 0.337 e. The molecular weight excluding hydrogens is 414 g/mol. The van der Waals surface area contributed by atoms with Crippen molar-refractivity contribution in [3.63, 3.8) is 0 Å². The van der Waals surface area contributed by atoms with Crippen molar-refractivity contribution >= 4 is 23.5 Å². The van der Waals surface area contributed by atoms with Gasteiger partial charge in [-0.15, -0.1) is 0 Å². The van der Waals surface area contributed by atoms with Crippen LogP contribution in [0, 0.1) is 13.8 Å². The predicted octanol–water partition coefficient (Wildman–Crippen LogP) is 3.36. The summed E-state index contributed by atoms with van der Waals surface area (Å²) in [4.78, 5) is 36.5. The molecule has 0 saturated heterocycles. The molecule has 1 heterocycles. The predicted molar refractivity (Wildman–Crippen MR) is 116 cm³/mol. The average Bonchev–Trinajstić information content (AvgIpc) is 3.27. The highest BCUT2D eigenvalue weighted by Gasteiger charge is 2.16. The van der Waals surface area contributed by atoms with E-state index in [1.807, 2.05) is 32.0 Å². The number of esters is 2. The zero-order valence-corrected chi connectivity index (χ0v) is 18.2. The van der Waals surface area contributed by atoms with E-state index >= 15 is 0 Å². The Hall–Kier alpha value is -4.14. The van der Waals surface area contributed by atoms with Crippen LogP contribution >= 0.6 is 0 Å². The van der Waals surface area contributed by atoms with Crippen molar-refractivity contribution in [1.29, 1.82) is 0 Å². The number of benzene rings is 2. The van der Waals surface area contributed by atoms with E-state index in [4.69, 9.17) is 14.2 Å². The minimum atomic E-state index is -0.654. The second-order valence-corrected chi connectivity index (χ2v) is 7.02. The summed E-state index contributed by atoms with van der Waals surface area (Å²) < 4.78 is 16.7. The molecule has 9 nitrogen and oxygen atoms in total. The quantitative estimate of drug-likeness (QED) is 0.565. The lowest BCUT2D eigenvalue weighted by atomic mass is 10.1. The van der Waals surface area contributed by atoms with Gasteiger partial charge in [-0.05, 0) is 55.3 Å². The minimum Gasteiger partial charge on any atom is -0.471 e. The highest BCUT2D eigenvalue weighted by atomic mass is 16.5. The number of carbonyl (C=O) groups excluding carboxylic acids is 3. The summed E-state index contributed by atoms with van der Waals surface area (Å²) in [5.41, 5.74) is 2.62. The van der Waals surface area contributed by atoms with E-state index in [1.54, 1.807) is 6.20 Å². The molecule has 0 unspecified atom stereocenters. The van der Waals surface area contributed by atoms with E-state index < -0.39 is 17.8 Å². The van der Waals surface area contributed by atoms with Crippen LogP contribution < -0.4 is 10.1 Å². The number of aryl methyl sites for hydroxylation is 2. The molecule has 2 aromatic carbocycles. The lowest BCUT2D eigenvalue weighted by Gasteiger charge is -2.10. The molecule has 0 radical (unpaired) electrons. The Balaban J connectivity index is 1.73. The fourth-order valence-electron chi connectivity index (χ4n) is 2.92. The van der Waals surface area contributed by atoms with Gasteiger partial charge in [0.1, 0.15) is 5.75 Å². The number of nitrogens with zero attached hydrogens (tertiary/aromatic N) is 2. The molecule has 3 aromatic rings. The molecule has 0 bridgehead atoms. The molecule has 166 valence electrons. The fourth-order valence-corrected chi connectivity index (χ4v) is 2.92. The van der Waals surface area contributed by atoms with E-state index in [0.29, 0.717) is 0 Å². The Morgan fingerprint density at radius 1 is 0.938 bits per heavy atom. The SMILES string of the molecule is COC(=O)c1cc(NC(=O)c2ccn(COc3cc(C)ccc3C)n2)cc(C(=O)OC)c1. The monoisotopic (exact) mass is 437 g/mol. The number of anilines is 1. The Morgan fingerprint density at radius 3 is 2.22 bits per heavy atom. The van der Waals surface area contributed by atoms with Crippen molar-refractivity contribution < 1.29 is 28.6 Å². The van der Waals surface area contributed by atoms with Gasteiger partial charge in [-0.25, -0.2) is 14.3 Å². The number of aromatic nitrogens is 2. The molecule has 0 aliphatic rings. The van der Waals surface area contributed by atoms with Crippen molar-refractivity contribution in [3.05, 3.63) is 76.6 Å². The highest BCUT2D eigenvalue weighted by Crippen LogP contribution is 2.20. The molecule has 1 amide bonds. The maximum absolute atomic E-state index is 12.6. The first-order valence-electron chi connectivity index (χ1n) is 9.67. The largest absolute Gasteiger partial charge is 0.471 e. The molecule has 9 heteroatoms. The molecule has 0 spiro atoms. The van der Waals surface area contributed by atoms with Crippen LogP contribution in [0.25, 0.3) is 0 Å². The second kappa shape index (κ2) is 9.78. The third-order valence-electron chi connectivity index (χ3n) is 4.60. The maximum atomic E-state index is 12.6. The first-order valence-corrected chi connectivity index (χ1v) is 9.67. The Bertz CT molecular complexity index is 1130. The summed E-state index contributed by atoms with van der Waals surface area (Å²) in [5, 5.41) is 6.85. The van der Waals surface area contributed by atoms with Crippen molar-refractivity contribution in [2.75, 3.05) is 19.5 Å². The third kappa shape index (κ3) is 5.31.